The van der Waals surface area contributed by atoms with Crippen molar-refractivity contribution in [3.8, 4) is 0 Å². The van der Waals surface area contributed by atoms with E-state index in [1.165, 1.54) is 15.4 Å². The van der Waals surface area contributed by atoms with Crippen molar-refractivity contribution < 1.29 is 51.8 Å². The Bertz CT molecular complexity index is 2070. The van der Waals surface area contributed by atoms with Crippen molar-refractivity contribution in [1.82, 2.24) is 39.0 Å². The molecule has 23 nitrogen and oxygen atoms in total. The van der Waals surface area contributed by atoms with Crippen LogP contribution in [0.15, 0.2) is 22.2 Å². The average molecular weight is 721 g/mol. The number of phosphoric acid groups is 1. The van der Waals surface area contributed by atoms with Crippen LogP contribution in [0.5, 0.6) is 0 Å². The fraction of sp³-hybridized carbons (Fsp3) is 0.524. The molecular formula is C21H26N10O13P2S. The van der Waals surface area contributed by atoms with E-state index < -0.39 is 88.0 Å². The molecule has 3 saturated heterocycles. The molecule has 0 aliphatic carbocycles. The second kappa shape index (κ2) is 11.7. The number of nitrogens with two attached hydrogens (primary N) is 2. The molecular weight excluding hydrogens is 694 g/mol. The lowest BCUT2D eigenvalue weighted by Crippen LogP contribution is -2.38. The van der Waals surface area contributed by atoms with Gasteiger partial charge in [-0.3, -0.25) is 46.8 Å². The molecule has 3 aliphatic rings. The zero-order valence-corrected chi connectivity index (χ0v) is 26.4. The lowest BCUT2D eigenvalue weighted by Gasteiger charge is -2.29. The SMILES string of the molecule is CSP1(=O)OC[C@H]2O[C@@H](n3cnc4c(=O)[nH]c(N)nc43)[C@H](O)[C@@H]2OP(=O)(O)OCC2O[C@@H](n3cnc4c(=O)[nH]c(N)nc43)[C@H](O)[C@@H]2O1. The number of H-pyrrole nitrogens is 2. The molecule has 4 aromatic heterocycles. The van der Waals surface area contributed by atoms with Gasteiger partial charge in [0.05, 0.1) is 25.9 Å². The first-order valence-corrected chi connectivity index (χ1v) is 18.4. The van der Waals surface area contributed by atoms with E-state index in [0.717, 1.165) is 12.7 Å². The number of aromatic amines is 2. The number of nitrogens with one attached hydrogen (secondary N) is 2. The predicted octanol–water partition coefficient (Wildman–Crippen LogP) is -1.68. The van der Waals surface area contributed by atoms with Gasteiger partial charge in [0.15, 0.2) is 34.8 Å². The van der Waals surface area contributed by atoms with Crippen molar-refractivity contribution in [1.29, 1.82) is 0 Å². The minimum atomic E-state index is -5.05. The first-order chi connectivity index (χ1) is 22.3. The molecule has 0 aromatic carbocycles. The third-order valence-electron chi connectivity index (χ3n) is 7.60. The highest BCUT2D eigenvalue weighted by atomic mass is 32.7. The number of hydrogen-bond acceptors (Lipinski definition) is 19. The van der Waals surface area contributed by atoms with Crippen molar-refractivity contribution >= 4 is 60.2 Å². The minimum absolute atomic E-state index is 0.0596. The van der Waals surface area contributed by atoms with Crippen molar-refractivity contribution in [2.75, 3.05) is 30.9 Å². The number of aliphatic hydroxyl groups is 2. The van der Waals surface area contributed by atoms with Crippen molar-refractivity contribution in [2.24, 2.45) is 0 Å². The summed E-state index contributed by atoms with van der Waals surface area (Å²) < 4.78 is 63.2. The Balaban J connectivity index is 1.19. The van der Waals surface area contributed by atoms with Crippen LogP contribution in [0.1, 0.15) is 12.5 Å². The number of nitrogen functional groups attached to an aromatic ring is 2. The van der Waals surface area contributed by atoms with Crippen LogP contribution in [0.2, 0.25) is 0 Å². The van der Waals surface area contributed by atoms with E-state index in [0.29, 0.717) is 11.4 Å². The molecule has 0 bridgehead atoms. The molecule has 7 rings (SSSR count). The van der Waals surface area contributed by atoms with Crippen LogP contribution >= 0.6 is 26.0 Å². The lowest BCUT2D eigenvalue weighted by molar-refractivity contribution is -0.0614. The van der Waals surface area contributed by atoms with Crippen LogP contribution in [0.4, 0.5) is 11.9 Å². The molecule has 0 saturated carbocycles. The van der Waals surface area contributed by atoms with Crippen LogP contribution < -0.4 is 22.6 Å². The molecule has 0 amide bonds. The highest BCUT2D eigenvalue weighted by molar-refractivity contribution is 8.54. The van der Waals surface area contributed by atoms with Gasteiger partial charge in [-0.15, -0.1) is 0 Å². The largest absolute Gasteiger partial charge is 0.472 e. The molecule has 26 heteroatoms. The molecule has 0 radical (unpaired) electrons. The number of aliphatic hydroxyl groups excluding tert-OH is 2. The predicted molar refractivity (Wildman–Crippen MR) is 158 cm³/mol. The molecule has 47 heavy (non-hydrogen) atoms. The third kappa shape index (κ3) is 5.68. The third-order valence-corrected chi connectivity index (χ3v) is 11.9. The van der Waals surface area contributed by atoms with Crippen LogP contribution in [0, 0.1) is 0 Å². The van der Waals surface area contributed by atoms with Gasteiger partial charge >= 0.3 is 14.6 Å². The van der Waals surface area contributed by atoms with Gasteiger partial charge in [0.1, 0.15) is 36.6 Å². The van der Waals surface area contributed by atoms with Gasteiger partial charge in [0.25, 0.3) is 11.1 Å². The Labute approximate surface area is 264 Å². The van der Waals surface area contributed by atoms with Gasteiger partial charge in [-0.1, -0.05) is 0 Å². The number of nitrogens with zero attached hydrogens (tertiary/aromatic N) is 6. The van der Waals surface area contributed by atoms with Crippen molar-refractivity contribution in [3.05, 3.63) is 33.4 Å². The molecule has 3 fully saturated rings. The molecule has 3 unspecified atom stereocenters. The van der Waals surface area contributed by atoms with Gasteiger partial charge in [-0.25, -0.2) is 19.1 Å². The summed E-state index contributed by atoms with van der Waals surface area (Å²) in [7, 11) is -5.05. The summed E-state index contributed by atoms with van der Waals surface area (Å²) in [5.41, 5.74) is 9.63. The fourth-order valence-electron chi connectivity index (χ4n) is 5.48. The maximum Gasteiger partial charge on any atom is 0.472 e. The summed E-state index contributed by atoms with van der Waals surface area (Å²) in [6, 6.07) is 0. The van der Waals surface area contributed by atoms with Crippen molar-refractivity contribution in [3.63, 3.8) is 0 Å². The standard InChI is InChI=1S/C21H26N10O13P2S/c1-47-46(38)40-3-7-12(10(32)18(42-7)30-4-24-8-14(30)26-20(22)28-16(8)34)43-45(36,37)39-2-6-13(44-46)11(33)19(41-6)31-5-25-9-15(31)27-21(23)29-17(9)35/h4-7,10-13,18-19,32-33H,2-3H2,1H3,(H,36,37)(H3,22,26,28,34)(H3,23,27,29,35)/t6?,7-,10-,11-,12-,13-,18-,19-,46?/m1/s1. The number of anilines is 2. The molecule has 10 atom stereocenters. The normalized spacial score (nSPS) is 36.6. The Morgan fingerprint density at radius 3 is 1.81 bits per heavy atom. The van der Waals surface area contributed by atoms with Gasteiger partial charge in [-0.05, 0) is 17.6 Å². The monoisotopic (exact) mass is 720 g/mol. The molecule has 3 aliphatic heterocycles. The van der Waals surface area contributed by atoms with E-state index >= 15 is 0 Å². The first kappa shape index (κ1) is 32.3. The van der Waals surface area contributed by atoms with E-state index in [1.807, 2.05) is 0 Å². The average Bonchev–Trinajstić information content (AvgIpc) is 3.76. The maximum atomic E-state index is 13.9. The van der Waals surface area contributed by atoms with Crippen LogP contribution in [0.25, 0.3) is 22.3 Å². The Morgan fingerprint density at radius 2 is 1.32 bits per heavy atom. The first-order valence-electron chi connectivity index (χ1n) is 13.5. The number of hydrogen-bond donors (Lipinski definition) is 7. The smallest absolute Gasteiger partial charge is 0.386 e. The van der Waals surface area contributed by atoms with E-state index in [1.54, 1.807) is 0 Å². The molecule has 9 N–H and O–H groups in total. The minimum Gasteiger partial charge on any atom is -0.386 e. The summed E-state index contributed by atoms with van der Waals surface area (Å²) in [4.78, 5) is 55.9. The van der Waals surface area contributed by atoms with Crippen molar-refractivity contribution in [2.45, 2.75) is 49.1 Å². The Kier molecular flexibility index (Phi) is 8.05. The lowest BCUT2D eigenvalue weighted by atomic mass is 10.1. The highest BCUT2D eigenvalue weighted by Crippen LogP contribution is 2.62. The van der Waals surface area contributed by atoms with E-state index in [2.05, 4.69) is 29.9 Å². The zero-order valence-electron chi connectivity index (χ0n) is 23.8. The summed E-state index contributed by atoms with van der Waals surface area (Å²) >= 11 is 0.663. The number of imidazole rings is 2. The molecule has 4 aromatic rings. The molecule has 254 valence electrons. The second-order valence-corrected chi connectivity index (χ2v) is 16.1. The summed E-state index contributed by atoms with van der Waals surface area (Å²) in [5.74, 6) is -0.490. The van der Waals surface area contributed by atoms with Crippen LogP contribution in [-0.2, 0) is 36.7 Å². The quantitative estimate of drug-likeness (QED) is 0.116. The van der Waals surface area contributed by atoms with Gasteiger partial charge in [-0.2, -0.15) is 9.97 Å². The summed E-state index contributed by atoms with van der Waals surface area (Å²) in [6.07, 6.45) is -8.33. The number of rotatable bonds is 3. The highest BCUT2D eigenvalue weighted by Gasteiger charge is 2.54. The van der Waals surface area contributed by atoms with E-state index in [-0.39, 0.29) is 34.2 Å². The Hall–Kier alpha value is -3.25. The Morgan fingerprint density at radius 1 is 0.851 bits per heavy atom. The molecule has 0 spiro atoms. The van der Waals surface area contributed by atoms with Crippen LogP contribution in [-0.4, -0.2) is 110 Å². The fourth-order valence-corrected chi connectivity index (χ4v) is 8.64. The van der Waals surface area contributed by atoms with Gasteiger partial charge < -0.3 is 36.0 Å². The number of phosphoric ester groups is 1. The maximum absolute atomic E-state index is 13.9. The topological polar surface area (TPSA) is 329 Å². The van der Waals surface area contributed by atoms with E-state index in [4.69, 9.17) is 39.0 Å². The van der Waals surface area contributed by atoms with Gasteiger partial charge in [0, 0.05) is 0 Å². The number of ether oxygens (including phenoxy) is 2. The van der Waals surface area contributed by atoms with Gasteiger partial charge in [0.2, 0.25) is 11.9 Å². The number of aromatic nitrogens is 8. The summed E-state index contributed by atoms with van der Waals surface area (Å²) in [5, 5.41) is 22.5. The zero-order chi connectivity index (χ0) is 33.4. The molecule has 7 heterocycles. The van der Waals surface area contributed by atoms with E-state index in [9.17, 15) is 33.8 Å². The second-order valence-electron chi connectivity index (χ2n) is 10.5. The number of fused-ring (bicyclic) bond motifs is 4. The van der Waals surface area contributed by atoms with Crippen LogP contribution in [0.3, 0.4) is 0 Å². The summed E-state index contributed by atoms with van der Waals surface area (Å²) in [6.45, 7) is -5.59.